The molecular weight excluding hydrogens is 338 g/mol. The molecule has 25 heavy (non-hydrogen) atoms. The number of anilines is 1. The lowest BCUT2D eigenvalue weighted by Crippen LogP contribution is -2.31. The van der Waals surface area contributed by atoms with Gasteiger partial charge < -0.3 is 14.4 Å². The Morgan fingerprint density at radius 1 is 1.12 bits per heavy atom. The van der Waals surface area contributed by atoms with Gasteiger partial charge in [0.1, 0.15) is 11.3 Å². The molecule has 6 heteroatoms. The van der Waals surface area contributed by atoms with E-state index in [0.29, 0.717) is 23.4 Å². The third-order valence-corrected chi connectivity index (χ3v) is 5.19. The second kappa shape index (κ2) is 7.61. The highest BCUT2D eigenvalue weighted by molar-refractivity contribution is 7.99. The van der Waals surface area contributed by atoms with Gasteiger partial charge in [-0.2, -0.15) is 0 Å². The Morgan fingerprint density at radius 2 is 1.92 bits per heavy atom. The van der Waals surface area contributed by atoms with Crippen LogP contribution in [0.4, 0.5) is 5.69 Å². The highest BCUT2D eigenvalue weighted by Gasteiger charge is 2.24. The van der Waals surface area contributed by atoms with Crippen LogP contribution < -0.4 is 9.64 Å². The first-order chi connectivity index (χ1) is 12.2. The summed E-state index contributed by atoms with van der Waals surface area (Å²) in [7, 11) is 2.78. The monoisotopic (exact) mass is 357 g/mol. The molecule has 0 saturated carbocycles. The van der Waals surface area contributed by atoms with Gasteiger partial charge >= 0.3 is 5.97 Å². The average molecular weight is 357 g/mol. The van der Waals surface area contributed by atoms with Crippen LogP contribution in [0, 0.1) is 0 Å². The smallest absolute Gasteiger partial charge is 0.341 e. The summed E-state index contributed by atoms with van der Waals surface area (Å²) in [5.74, 6) is 0.706. The van der Waals surface area contributed by atoms with Gasteiger partial charge in [0.25, 0.3) is 5.91 Å². The van der Waals surface area contributed by atoms with E-state index in [0.717, 1.165) is 22.8 Å². The second-order valence-electron chi connectivity index (χ2n) is 5.53. The van der Waals surface area contributed by atoms with Crippen LogP contribution in [0.25, 0.3) is 0 Å². The van der Waals surface area contributed by atoms with E-state index in [2.05, 4.69) is 0 Å². The van der Waals surface area contributed by atoms with Gasteiger partial charge in [0, 0.05) is 17.0 Å². The van der Waals surface area contributed by atoms with Crippen LogP contribution >= 0.6 is 11.8 Å². The van der Waals surface area contributed by atoms with Gasteiger partial charge in [0.05, 0.1) is 19.9 Å². The molecule has 0 aliphatic carbocycles. The van der Waals surface area contributed by atoms with Crippen LogP contribution in [-0.4, -0.2) is 38.4 Å². The first-order valence-electron chi connectivity index (χ1n) is 7.95. The molecule has 2 aromatic carbocycles. The number of benzene rings is 2. The molecule has 0 spiro atoms. The van der Waals surface area contributed by atoms with E-state index in [1.807, 2.05) is 24.3 Å². The van der Waals surface area contributed by atoms with Crippen LogP contribution in [0.5, 0.6) is 5.75 Å². The number of carbonyl (C=O) groups excluding carboxylic acids is 2. The molecule has 130 valence electrons. The van der Waals surface area contributed by atoms with Gasteiger partial charge in [-0.05, 0) is 42.5 Å². The second-order valence-corrected chi connectivity index (χ2v) is 6.67. The molecule has 1 heterocycles. The molecule has 0 bridgehead atoms. The van der Waals surface area contributed by atoms with Crippen molar-refractivity contribution in [3.8, 4) is 5.75 Å². The van der Waals surface area contributed by atoms with E-state index in [4.69, 9.17) is 9.47 Å². The molecule has 1 aliphatic heterocycles. The molecule has 1 amide bonds. The Bertz CT molecular complexity index is 806. The van der Waals surface area contributed by atoms with Crippen molar-refractivity contribution in [2.24, 2.45) is 0 Å². The molecule has 0 aromatic heterocycles. The molecule has 5 nitrogen and oxygen atoms in total. The van der Waals surface area contributed by atoms with Crippen LogP contribution in [0.3, 0.4) is 0 Å². The van der Waals surface area contributed by atoms with E-state index in [1.54, 1.807) is 34.9 Å². The number of hydrogen-bond acceptors (Lipinski definition) is 5. The number of amides is 1. The Morgan fingerprint density at radius 3 is 2.68 bits per heavy atom. The van der Waals surface area contributed by atoms with E-state index in [-0.39, 0.29) is 5.91 Å². The minimum Gasteiger partial charge on any atom is -0.496 e. The number of nitrogens with zero attached hydrogens (tertiary/aromatic N) is 1. The van der Waals surface area contributed by atoms with E-state index in [1.165, 1.54) is 14.2 Å². The van der Waals surface area contributed by atoms with Crippen LogP contribution in [0.2, 0.25) is 0 Å². The summed E-state index contributed by atoms with van der Waals surface area (Å²) in [5.41, 5.74) is 1.70. The highest BCUT2D eigenvalue weighted by atomic mass is 32.2. The zero-order valence-corrected chi connectivity index (χ0v) is 15.0. The van der Waals surface area contributed by atoms with E-state index in [9.17, 15) is 9.59 Å². The number of fused-ring (bicyclic) bond motifs is 1. The Labute approximate surface area is 150 Å². The van der Waals surface area contributed by atoms with Gasteiger partial charge in [-0.25, -0.2) is 4.79 Å². The Balaban J connectivity index is 1.97. The third-order valence-electron chi connectivity index (χ3n) is 4.04. The SMILES string of the molecule is COC(=O)c1ccc(C(=O)N2CCCSc3ccccc32)cc1OC. The molecule has 0 fully saturated rings. The molecule has 3 rings (SSSR count). The van der Waals surface area contributed by atoms with Gasteiger partial charge in [-0.15, -0.1) is 11.8 Å². The van der Waals surface area contributed by atoms with Crippen molar-refractivity contribution >= 4 is 29.3 Å². The number of esters is 1. The molecule has 0 atom stereocenters. The first-order valence-corrected chi connectivity index (χ1v) is 8.94. The number of thioether (sulfide) groups is 1. The lowest BCUT2D eigenvalue weighted by Gasteiger charge is -2.23. The quantitative estimate of drug-likeness (QED) is 0.785. The van der Waals surface area contributed by atoms with Crippen molar-refractivity contribution in [1.29, 1.82) is 0 Å². The summed E-state index contributed by atoms with van der Waals surface area (Å²) < 4.78 is 10.0. The molecule has 0 radical (unpaired) electrons. The maximum Gasteiger partial charge on any atom is 0.341 e. The first kappa shape index (κ1) is 17.4. The fourth-order valence-electron chi connectivity index (χ4n) is 2.80. The Hall–Kier alpha value is -2.47. The molecule has 1 aliphatic rings. The largest absolute Gasteiger partial charge is 0.496 e. The molecule has 0 N–H and O–H groups in total. The molecule has 0 unspecified atom stereocenters. The zero-order valence-electron chi connectivity index (χ0n) is 14.2. The normalized spacial score (nSPS) is 13.6. The minimum atomic E-state index is -0.493. The summed E-state index contributed by atoms with van der Waals surface area (Å²) in [6.07, 6.45) is 0.919. The number of para-hydroxylation sites is 1. The third kappa shape index (κ3) is 3.49. The van der Waals surface area contributed by atoms with Gasteiger partial charge in [0.15, 0.2) is 0 Å². The van der Waals surface area contributed by atoms with Crippen molar-refractivity contribution in [1.82, 2.24) is 0 Å². The fourth-order valence-corrected chi connectivity index (χ4v) is 3.79. The topological polar surface area (TPSA) is 55.8 Å². The molecule has 0 saturated heterocycles. The number of carbonyl (C=O) groups is 2. The number of hydrogen-bond donors (Lipinski definition) is 0. The van der Waals surface area contributed by atoms with Gasteiger partial charge in [0.2, 0.25) is 0 Å². The lowest BCUT2D eigenvalue weighted by atomic mass is 10.1. The van der Waals surface area contributed by atoms with Crippen LogP contribution in [0.15, 0.2) is 47.4 Å². The lowest BCUT2D eigenvalue weighted by molar-refractivity contribution is 0.0596. The van der Waals surface area contributed by atoms with Crippen molar-refractivity contribution in [2.75, 3.05) is 31.4 Å². The fraction of sp³-hybridized carbons (Fsp3) is 0.263. The van der Waals surface area contributed by atoms with Crippen molar-refractivity contribution in [3.05, 3.63) is 53.6 Å². The summed E-state index contributed by atoms with van der Waals surface area (Å²) in [6.45, 7) is 0.657. The zero-order chi connectivity index (χ0) is 17.8. The maximum absolute atomic E-state index is 13.1. The standard InChI is InChI=1S/C19H19NO4S/c1-23-16-12-13(8-9-14(16)19(22)24-2)18(21)20-10-5-11-25-17-7-4-3-6-15(17)20/h3-4,6-9,12H,5,10-11H2,1-2H3. The Kier molecular flexibility index (Phi) is 5.28. The predicted molar refractivity (Wildman–Crippen MR) is 97.8 cm³/mol. The average Bonchev–Trinajstić information content (AvgIpc) is 2.88. The molecular formula is C19H19NO4S. The van der Waals surface area contributed by atoms with E-state index < -0.39 is 5.97 Å². The van der Waals surface area contributed by atoms with Crippen molar-refractivity contribution < 1.29 is 19.1 Å². The molecule has 2 aromatic rings. The summed E-state index contributed by atoms with van der Waals surface area (Å²) >= 11 is 1.76. The summed E-state index contributed by atoms with van der Waals surface area (Å²) in [4.78, 5) is 27.8. The maximum atomic E-state index is 13.1. The van der Waals surface area contributed by atoms with Gasteiger partial charge in [-0.3, -0.25) is 4.79 Å². The van der Waals surface area contributed by atoms with Crippen LogP contribution in [-0.2, 0) is 4.74 Å². The van der Waals surface area contributed by atoms with Crippen LogP contribution in [0.1, 0.15) is 27.1 Å². The van der Waals surface area contributed by atoms with Crippen molar-refractivity contribution in [3.63, 3.8) is 0 Å². The predicted octanol–water partition coefficient (Wildman–Crippen LogP) is 3.62. The number of methoxy groups -OCH3 is 2. The summed E-state index contributed by atoms with van der Waals surface area (Å²) in [5, 5.41) is 0. The summed E-state index contributed by atoms with van der Waals surface area (Å²) in [6, 6.07) is 12.7. The van der Waals surface area contributed by atoms with Crippen molar-refractivity contribution in [2.45, 2.75) is 11.3 Å². The van der Waals surface area contributed by atoms with E-state index >= 15 is 0 Å². The number of ether oxygens (including phenoxy) is 2. The minimum absolute atomic E-state index is 0.107. The highest BCUT2D eigenvalue weighted by Crippen LogP contribution is 2.34. The van der Waals surface area contributed by atoms with Gasteiger partial charge in [-0.1, -0.05) is 12.1 Å². The number of rotatable bonds is 3.